The first-order chi connectivity index (χ1) is 8.11. The maximum absolute atomic E-state index is 11.2. The lowest BCUT2D eigenvalue weighted by molar-refractivity contribution is 0.254. The summed E-state index contributed by atoms with van der Waals surface area (Å²) in [6, 6.07) is 7.27. The van der Waals surface area contributed by atoms with Gasteiger partial charge in [-0.2, -0.15) is 0 Å². The highest BCUT2D eigenvalue weighted by Crippen LogP contribution is 2.22. The second-order valence-corrected chi connectivity index (χ2v) is 4.53. The van der Waals surface area contributed by atoms with Crippen molar-refractivity contribution < 1.29 is 4.79 Å². The molecule has 0 saturated carbocycles. The lowest BCUT2D eigenvalue weighted by atomic mass is 10.2. The first kappa shape index (κ1) is 11.9. The van der Waals surface area contributed by atoms with Crippen LogP contribution in [0.2, 0.25) is 0 Å². The Morgan fingerprint density at radius 1 is 1.41 bits per heavy atom. The zero-order valence-electron chi connectivity index (χ0n) is 9.35. The number of fused-ring (bicyclic) bond motifs is 1. The molecule has 0 bridgehead atoms. The Bertz CT molecular complexity index is 571. The summed E-state index contributed by atoms with van der Waals surface area (Å²) in [7, 11) is 0. The Labute approximate surface area is 108 Å². The van der Waals surface area contributed by atoms with Gasteiger partial charge < -0.3 is 5.73 Å². The maximum Gasteiger partial charge on any atom is 0.320 e. The number of halogens is 1. The third kappa shape index (κ3) is 2.39. The van der Waals surface area contributed by atoms with Gasteiger partial charge in [0.2, 0.25) is 0 Å². The third-order valence-corrected chi connectivity index (χ3v) is 3.02. The summed E-state index contributed by atoms with van der Waals surface area (Å²) < 4.78 is 0.990. The van der Waals surface area contributed by atoms with E-state index in [2.05, 4.69) is 20.9 Å². The second-order valence-electron chi connectivity index (χ2n) is 3.62. The number of urea groups is 1. The van der Waals surface area contributed by atoms with Gasteiger partial charge in [-0.15, -0.1) is 0 Å². The quantitative estimate of drug-likeness (QED) is 0.925. The minimum atomic E-state index is -0.491. The van der Waals surface area contributed by atoms with Crippen LogP contribution in [0.5, 0.6) is 0 Å². The summed E-state index contributed by atoms with van der Waals surface area (Å²) in [5, 5.41) is 2.04. The fourth-order valence-corrected chi connectivity index (χ4v) is 2.06. The van der Waals surface area contributed by atoms with Crippen LogP contribution in [-0.2, 0) is 0 Å². The molecule has 0 unspecified atom stereocenters. The van der Waals surface area contributed by atoms with Crippen LogP contribution < -0.4 is 10.6 Å². The molecule has 0 radical (unpaired) electrons. The highest BCUT2D eigenvalue weighted by atomic mass is 79.9. The number of hydrogen-bond acceptors (Lipinski definition) is 2. The maximum atomic E-state index is 11.2. The van der Waals surface area contributed by atoms with E-state index in [1.54, 1.807) is 6.20 Å². The van der Waals surface area contributed by atoms with Gasteiger partial charge in [0, 0.05) is 22.6 Å². The number of amides is 2. The number of anilines is 1. The van der Waals surface area contributed by atoms with Gasteiger partial charge in [-0.3, -0.25) is 4.90 Å². The van der Waals surface area contributed by atoms with Crippen LogP contribution in [0.15, 0.2) is 34.9 Å². The number of benzene rings is 1. The van der Waals surface area contributed by atoms with Crippen molar-refractivity contribution in [2.75, 3.05) is 11.4 Å². The largest absolute Gasteiger partial charge is 0.351 e. The predicted molar refractivity (Wildman–Crippen MR) is 72.0 cm³/mol. The minimum Gasteiger partial charge on any atom is -0.351 e. The fraction of sp³-hybridized carbons (Fsp3) is 0.167. The molecule has 0 aliphatic heterocycles. The molecule has 4 nitrogen and oxygen atoms in total. The van der Waals surface area contributed by atoms with E-state index in [1.807, 2.05) is 31.2 Å². The molecule has 1 aromatic heterocycles. The van der Waals surface area contributed by atoms with Gasteiger partial charge >= 0.3 is 6.03 Å². The van der Waals surface area contributed by atoms with Crippen LogP contribution in [0.3, 0.4) is 0 Å². The summed E-state index contributed by atoms with van der Waals surface area (Å²) in [6.07, 6.45) is 1.74. The molecule has 2 amide bonds. The number of nitrogens with two attached hydrogens (primary N) is 1. The Balaban J connectivity index is 2.53. The van der Waals surface area contributed by atoms with Gasteiger partial charge in [0.05, 0.1) is 0 Å². The molecule has 88 valence electrons. The average molecular weight is 294 g/mol. The monoisotopic (exact) mass is 293 g/mol. The number of carbonyl (C=O) groups excluding carboxylic acids is 1. The Kier molecular flexibility index (Phi) is 3.28. The molecule has 5 heteroatoms. The fourth-order valence-electron chi connectivity index (χ4n) is 1.68. The molecule has 0 spiro atoms. The molecule has 2 rings (SSSR count). The van der Waals surface area contributed by atoms with Crippen molar-refractivity contribution in [3.8, 4) is 0 Å². The van der Waals surface area contributed by atoms with Crippen molar-refractivity contribution in [3.63, 3.8) is 0 Å². The smallest absolute Gasteiger partial charge is 0.320 e. The summed E-state index contributed by atoms with van der Waals surface area (Å²) in [5.41, 5.74) is 5.29. The van der Waals surface area contributed by atoms with E-state index >= 15 is 0 Å². The van der Waals surface area contributed by atoms with Crippen molar-refractivity contribution in [3.05, 3.63) is 34.9 Å². The zero-order valence-corrected chi connectivity index (χ0v) is 10.9. The summed E-state index contributed by atoms with van der Waals surface area (Å²) in [4.78, 5) is 16.9. The topological polar surface area (TPSA) is 59.2 Å². The molecule has 0 fully saturated rings. The van der Waals surface area contributed by atoms with Gasteiger partial charge in [0.15, 0.2) is 0 Å². The number of carbonyl (C=O) groups is 1. The van der Waals surface area contributed by atoms with E-state index in [1.165, 1.54) is 4.90 Å². The van der Waals surface area contributed by atoms with Crippen LogP contribution in [-0.4, -0.2) is 17.6 Å². The number of hydrogen-bond donors (Lipinski definition) is 1. The minimum absolute atomic E-state index is 0.491. The second kappa shape index (κ2) is 4.71. The number of nitrogens with zero attached hydrogens (tertiary/aromatic N) is 2. The Hall–Kier alpha value is -1.62. The lowest BCUT2D eigenvalue weighted by Crippen LogP contribution is -2.36. The van der Waals surface area contributed by atoms with Crippen molar-refractivity contribution in [1.29, 1.82) is 0 Å². The van der Waals surface area contributed by atoms with Gasteiger partial charge in [-0.25, -0.2) is 9.78 Å². The van der Waals surface area contributed by atoms with Crippen molar-refractivity contribution in [1.82, 2.24) is 4.98 Å². The van der Waals surface area contributed by atoms with Gasteiger partial charge in [0.1, 0.15) is 5.82 Å². The molecule has 1 aromatic carbocycles. The lowest BCUT2D eigenvalue weighted by Gasteiger charge is -2.17. The van der Waals surface area contributed by atoms with Crippen molar-refractivity contribution in [2.24, 2.45) is 5.73 Å². The van der Waals surface area contributed by atoms with E-state index in [9.17, 15) is 4.79 Å². The van der Waals surface area contributed by atoms with Crippen LogP contribution in [0.25, 0.3) is 10.8 Å². The van der Waals surface area contributed by atoms with Gasteiger partial charge in [-0.05, 0) is 30.5 Å². The van der Waals surface area contributed by atoms with E-state index < -0.39 is 6.03 Å². The number of rotatable bonds is 2. The number of primary amides is 1. The van der Waals surface area contributed by atoms with Gasteiger partial charge in [-0.1, -0.05) is 22.0 Å². The number of pyridine rings is 1. The van der Waals surface area contributed by atoms with Crippen LogP contribution in [0, 0.1) is 0 Å². The van der Waals surface area contributed by atoms with E-state index in [0.29, 0.717) is 12.4 Å². The third-order valence-electron chi connectivity index (χ3n) is 2.53. The zero-order chi connectivity index (χ0) is 12.4. The van der Waals surface area contributed by atoms with E-state index in [-0.39, 0.29) is 0 Å². The van der Waals surface area contributed by atoms with Crippen molar-refractivity contribution in [2.45, 2.75) is 6.92 Å². The van der Waals surface area contributed by atoms with Crippen molar-refractivity contribution >= 4 is 38.6 Å². The Morgan fingerprint density at radius 2 is 2.18 bits per heavy atom. The molecule has 0 atom stereocenters. The van der Waals surface area contributed by atoms with Crippen LogP contribution in [0.4, 0.5) is 10.6 Å². The van der Waals surface area contributed by atoms with Crippen LogP contribution >= 0.6 is 15.9 Å². The standard InChI is InChI=1S/C12H12BrN3O/c1-2-16(12(14)17)11-6-9-5-10(13)4-3-8(9)7-15-11/h3-7H,2H2,1H3,(H2,14,17). The molecule has 1 heterocycles. The molecule has 0 saturated heterocycles. The van der Waals surface area contributed by atoms with E-state index in [0.717, 1.165) is 15.2 Å². The highest BCUT2D eigenvalue weighted by Gasteiger charge is 2.11. The summed E-state index contributed by atoms with van der Waals surface area (Å²) in [6.45, 7) is 2.36. The predicted octanol–water partition coefficient (Wildman–Crippen LogP) is 2.90. The molecule has 17 heavy (non-hydrogen) atoms. The van der Waals surface area contributed by atoms with Crippen LogP contribution in [0.1, 0.15) is 6.92 Å². The summed E-state index contributed by atoms with van der Waals surface area (Å²) >= 11 is 3.41. The molecule has 2 aromatic rings. The molecule has 0 aliphatic carbocycles. The SMILES string of the molecule is CCN(C(N)=O)c1cc2cc(Br)ccc2cn1. The average Bonchev–Trinajstić information content (AvgIpc) is 2.29. The first-order valence-electron chi connectivity index (χ1n) is 5.24. The molecular formula is C12H12BrN3O. The first-order valence-corrected chi connectivity index (χ1v) is 6.03. The van der Waals surface area contributed by atoms with Gasteiger partial charge in [0.25, 0.3) is 0 Å². The molecular weight excluding hydrogens is 282 g/mol. The molecule has 2 N–H and O–H groups in total. The normalized spacial score (nSPS) is 10.5. The highest BCUT2D eigenvalue weighted by molar-refractivity contribution is 9.10. The molecule has 0 aliphatic rings. The van der Waals surface area contributed by atoms with E-state index in [4.69, 9.17) is 5.73 Å². The summed E-state index contributed by atoms with van der Waals surface area (Å²) in [5.74, 6) is 0.575. The Morgan fingerprint density at radius 3 is 2.82 bits per heavy atom. The number of aromatic nitrogens is 1.